The fourth-order valence-corrected chi connectivity index (χ4v) is 3.21. The first-order chi connectivity index (χ1) is 13.6. The van der Waals surface area contributed by atoms with Crippen molar-refractivity contribution in [3.8, 4) is 23.3 Å². The fourth-order valence-electron chi connectivity index (χ4n) is 3.21. The van der Waals surface area contributed by atoms with Gasteiger partial charge in [-0.2, -0.15) is 10.5 Å². The van der Waals surface area contributed by atoms with Crippen molar-refractivity contribution in [3.05, 3.63) is 59.7 Å². The molecule has 28 heavy (non-hydrogen) atoms. The molecule has 1 heterocycles. The van der Waals surface area contributed by atoms with E-state index in [1.807, 2.05) is 36.4 Å². The number of nitrogens with zero attached hydrogens (tertiary/aromatic N) is 2. The van der Waals surface area contributed by atoms with Gasteiger partial charge in [0.2, 0.25) is 5.91 Å². The molecule has 2 unspecified atom stereocenters. The quantitative estimate of drug-likeness (QED) is 0.834. The van der Waals surface area contributed by atoms with Gasteiger partial charge in [0.1, 0.15) is 12.1 Å². The Hall–Kier alpha value is -3.19. The van der Waals surface area contributed by atoms with Gasteiger partial charge in [0, 0.05) is 19.1 Å². The molecule has 0 bridgehead atoms. The molecular weight excluding hydrogens is 352 g/mol. The zero-order valence-corrected chi connectivity index (χ0v) is 15.5. The molecule has 0 radical (unpaired) electrons. The molecule has 2 aromatic rings. The van der Waals surface area contributed by atoms with Crippen LogP contribution in [0.1, 0.15) is 24.0 Å². The normalized spacial score (nSPS) is 19.8. The molecule has 142 valence electrons. The number of benzene rings is 2. The number of amides is 1. The van der Waals surface area contributed by atoms with Gasteiger partial charge in [-0.15, -0.1) is 0 Å². The summed E-state index contributed by atoms with van der Waals surface area (Å²) in [5, 5.41) is 21.0. The number of carbonyl (C=O) groups is 1. The van der Waals surface area contributed by atoms with Gasteiger partial charge in [-0.3, -0.25) is 4.79 Å². The Balaban J connectivity index is 1.60. The first kappa shape index (κ1) is 19.6. The number of carbonyl (C=O) groups excluding carboxylic acids is 1. The molecule has 1 amide bonds. The third kappa shape index (κ3) is 4.95. The minimum atomic E-state index is -0.630. The molecule has 1 aliphatic rings. The monoisotopic (exact) mass is 374 g/mol. The summed E-state index contributed by atoms with van der Waals surface area (Å²) < 4.78 is 5.47. The summed E-state index contributed by atoms with van der Waals surface area (Å²) >= 11 is 0. The summed E-state index contributed by atoms with van der Waals surface area (Å²) in [5.41, 5.74) is 9.50. The van der Waals surface area contributed by atoms with Crippen molar-refractivity contribution >= 4 is 5.91 Å². The molecule has 0 saturated carbocycles. The maximum absolute atomic E-state index is 12.3. The zero-order chi connectivity index (χ0) is 19.9. The maximum Gasteiger partial charge on any atom is 0.250 e. The summed E-state index contributed by atoms with van der Waals surface area (Å²) in [6.45, 7) is 0.466. The summed E-state index contributed by atoms with van der Waals surface area (Å²) in [6.07, 6.45) is 1.05. The molecule has 0 aliphatic carbocycles. The van der Waals surface area contributed by atoms with Crippen LogP contribution >= 0.6 is 0 Å². The van der Waals surface area contributed by atoms with Gasteiger partial charge >= 0.3 is 0 Å². The van der Waals surface area contributed by atoms with E-state index in [1.165, 1.54) is 0 Å². The van der Waals surface area contributed by atoms with Crippen molar-refractivity contribution in [2.24, 2.45) is 5.73 Å². The van der Waals surface area contributed by atoms with E-state index in [0.29, 0.717) is 25.0 Å². The van der Waals surface area contributed by atoms with Gasteiger partial charge in [-0.05, 0) is 41.7 Å². The van der Waals surface area contributed by atoms with Crippen molar-refractivity contribution in [1.29, 1.82) is 10.5 Å². The molecule has 6 nitrogen and oxygen atoms in total. The molecule has 6 heteroatoms. The Bertz CT molecular complexity index is 894. The average Bonchev–Trinajstić information content (AvgIpc) is 2.74. The molecule has 0 spiro atoms. The minimum absolute atomic E-state index is 0.0418. The molecule has 3 N–H and O–H groups in total. The van der Waals surface area contributed by atoms with E-state index in [-0.39, 0.29) is 11.9 Å². The highest BCUT2D eigenvalue weighted by Gasteiger charge is 2.27. The first-order valence-corrected chi connectivity index (χ1v) is 9.25. The molecule has 3 atom stereocenters. The summed E-state index contributed by atoms with van der Waals surface area (Å²) in [7, 11) is 0. The van der Waals surface area contributed by atoms with Gasteiger partial charge in [0.15, 0.2) is 0 Å². The Kier molecular flexibility index (Phi) is 6.39. The lowest BCUT2D eigenvalue weighted by atomic mass is 9.99. The Labute approximate surface area is 164 Å². The molecule has 3 rings (SSSR count). The largest absolute Gasteiger partial charge is 0.368 e. The average molecular weight is 374 g/mol. The highest BCUT2D eigenvalue weighted by atomic mass is 16.5. The van der Waals surface area contributed by atoms with E-state index in [4.69, 9.17) is 15.7 Å². The van der Waals surface area contributed by atoms with Crippen molar-refractivity contribution < 1.29 is 9.53 Å². The van der Waals surface area contributed by atoms with Crippen LogP contribution in [0.15, 0.2) is 48.5 Å². The van der Waals surface area contributed by atoms with E-state index in [9.17, 15) is 10.1 Å². The molecule has 1 aliphatic heterocycles. The van der Waals surface area contributed by atoms with E-state index in [2.05, 4.69) is 17.5 Å². The minimum Gasteiger partial charge on any atom is -0.368 e. The number of nitriles is 2. The van der Waals surface area contributed by atoms with E-state index >= 15 is 0 Å². The van der Waals surface area contributed by atoms with Gasteiger partial charge < -0.3 is 15.8 Å². The van der Waals surface area contributed by atoms with Crippen LogP contribution in [0.3, 0.4) is 0 Å². The Morgan fingerprint density at radius 3 is 2.36 bits per heavy atom. The van der Waals surface area contributed by atoms with Crippen LogP contribution in [0.2, 0.25) is 0 Å². The number of hydrogen-bond acceptors (Lipinski definition) is 5. The van der Waals surface area contributed by atoms with Crippen molar-refractivity contribution in [1.82, 2.24) is 5.32 Å². The second-order valence-corrected chi connectivity index (χ2v) is 6.92. The number of hydrogen-bond donors (Lipinski definition) is 2. The summed E-state index contributed by atoms with van der Waals surface area (Å²) in [5.74, 6) is -0.282. The molecule has 0 aromatic heterocycles. The maximum atomic E-state index is 12.3. The third-order valence-electron chi connectivity index (χ3n) is 4.83. The lowest BCUT2D eigenvalue weighted by Gasteiger charge is -2.27. The zero-order valence-electron chi connectivity index (χ0n) is 15.5. The second-order valence-electron chi connectivity index (χ2n) is 6.92. The third-order valence-corrected chi connectivity index (χ3v) is 4.83. The molecule has 1 fully saturated rings. The van der Waals surface area contributed by atoms with Crippen LogP contribution in [0, 0.1) is 22.7 Å². The van der Waals surface area contributed by atoms with E-state index < -0.39 is 12.1 Å². The van der Waals surface area contributed by atoms with Crippen LogP contribution in [0.25, 0.3) is 11.1 Å². The first-order valence-electron chi connectivity index (χ1n) is 9.25. The van der Waals surface area contributed by atoms with Gasteiger partial charge in [-0.25, -0.2) is 0 Å². The predicted molar refractivity (Wildman–Crippen MR) is 105 cm³/mol. The second kappa shape index (κ2) is 9.14. The van der Waals surface area contributed by atoms with Gasteiger partial charge in [0.25, 0.3) is 0 Å². The molecular formula is C22H22N4O2. The Morgan fingerprint density at radius 2 is 1.79 bits per heavy atom. The van der Waals surface area contributed by atoms with Crippen molar-refractivity contribution in [3.63, 3.8) is 0 Å². The topological polar surface area (TPSA) is 112 Å². The predicted octanol–water partition coefficient (Wildman–Crippen LogP) is 2.28. The summed E-state index contributed by atoms with van der Waals surface area (Å²) in [6, 6.07) is 18.8. The lowest BCUT2D eigenvalue weighted by Crippen LogP contribution is -2.47. The number of nitrogens with one attached hydrogen (secondary N) is 1. The van der Waals surface area contributed by atoms with Crippen molar-refractivity contribution in [2.45, 2.75) is 37.5 Å². The Morgan fingerprint density at radius 1 is 1.14 bits per heavy atom. The van der Waals surface area contributed by atoms with Gasteiger partial charge in [-0.1, -0.05) is 36.4 Å². The number of rotatable bonds is 5. The number of ether oxygens (including phenoxy) is 1. The lowest BCUT2D eigenvalue weighted by molar-refractivity contribution is -0.136. The smallest absolute Gasteiger partial charge is 0.250 e. The SMILES string of the molecule is N#Cc1ccc(-c2ccc(C[C@@H](C#N)NC(=O)C3CC(N)CCO3)cc2)cc1. The fraction of sp³-hybridized carbons (Fsp3) is 0.318. The van der Waals surface area contributed by atoms with Gasteiger partial charge in [0.05, 0.1) is 17.7 Å². The highest BCUT2D eigenvalue weighted by Crippen LogP contribution is 2.21. The van der Waals surface area contributed by atoms with Crippen LogP contribution in [-0.2, 0) is 16.0 Å². The number of nitrogens with two attached hydrogens (primary N) is 1. The van der Waals surface area contributed by atoms with Crippen LogP contribution in [0.5, 0.6) is 0 Å². The van der Waals surface area contributed by atoms with Crippen LogP contribution < -0.4 is 11.1 Å². The highest BCUT2D eigenvalue weighted by molar-refractivity contribution is 5.81. The van der Waals surface area contributed by atoms with Crippen LogP contribution in [-0.4, -0.2) is 30.7 Å². The van der Waals surface area contributed by atoms with E-state index in [0.717, 1.165) is 23.1 Å². The standard InChI is InChI=1S/C22H22N4O2/c23-13-16-3-7-18(8-4-16)17-5-1-15(2-6-17)11-20(14-24)26-22(27)21-12-19(25)9-10-28-21/h1-8,19-21H,9-12,25H2,(H,26,27)/t19?,20-,21?/m0/s1. The molecule has 1 saturated heterocycles. The van der Waals surface area contributed by atoms with E-state index in [1.54, 1.807) is 12.1 Å². The van der Waals surface area contributed by atoms with Crippen LogP contribution in [0.4, 0.5) is 0 Å². The van der Waals surface area contributed by atoms with Crippen molar-refractivity contribution in [2.75, 3.05) is 6.61 Å². The molecule has 2 aromatic carbocycles. The summed E-state index contributed by atoms with van der Waals surface area (Å²) in [4.78, 5) is 12.3.